The van der Waals surface area contributed by atoms with Gasteiger partial charge in [-0.25, -0.2) is 9.18 Å². The standard InChI is InChI=1S/C15H10FNO2/c16-12-4-5-14-10(8-12)6-7-17(14)13-3-1-2-11(9-13)15(18)19/h1-9H,(H,18,19). The summed E-state index contributed by atoms with van der Waals surface area (Å²) >= 11 is 0. The van der Waals surface area contributed by atoms with Crippen LogP contribution in [0.15, 0.2) is 54.7 Å². The van der Waals surface area contributed by atoms with Gasteiger partial charge < -0.3 is 9.67 Å². The fraction of sp³-hybridized carbons (Fsp3) is 0. The molecular weight excluding hydrogens is 245 g/mol. The summed E-state index contributed by atoms with van der Waals surface area (Å²) in [5.74, 6) is -1.26. The van der Waals surface area contributed by atoms with E-state index < -0.39 is 5.97 Å². The number of carbonyl (C=O) groups is 1. The Bertz CT molecular complexity index is 777. The Hall–Kier alpha value is -2.62. The number of halogens is 1. The molecule has 19 heavy (non-hydrogen) atoms. The van der Waals surface area contributed by atoms with E-state index in [9.17, 15) is 9.18 Å². The minimum absolute atomic E-state index is 0.224. The Labute approximate surface area is 108 Å². The molecule has 0 saturated heterocycles. The fourth-order valence-corrected chi connectivity index (χ4v) is 2.13. The van der Waals surface area contributed by atoms with Gasteiger partial charge in [-0.2, -0.15) is 0 Å². The third kappa shape index (κ3) is 1.97. The van der Waals surface area contributed by atoms with E-state index in [1.165, 1.54) is 18.2 Å². The highest BCUT2D eigenvalue weighted by Crippen LogP contribution is 2.22. The third-order valence-electron chi connectivity index (χ3n) is 3.02. The van der Waals surface area contributed by atoms with Crippen LogP contribution < -0.4 is 0 Å². The summed E-state index contributed by atoms with van der Waals surface area (Å²) in [7, 11) is 0. The highest BCUT2D eigenvalue weighted by atomic mass is 19.1. The van der Waals surface area contributed by atoms with Crippen LogP contribution in [0.3, 0.4) is 0 Å². The summed E-state index contributed by atoms with van der Waals surface area (Å²) < 4.78 is 15.0. The fourth-order valence-electron chi connectivity index (χ4n) is 2.13. The molecule has 0 aliphatic rings. The van der Waals surface area contributed by atoms with Crippen molar-refractivity contribution in [3.63, 3.8) is 0 Å². The van der Waals surface area contributed by atoms with Crippen molar-refractivity contribution < 1.29 is 14.3 Å². The summed E-state index contributed by atoms with van der Waals surface area (Å²) in [5.41, 5.74) is 1.80. The smallest absolute Gasteiger partial charge is 0.335 e. The van der Waals surface area contributed by atoms with Gasteiger partial charge in [0.1, 0.15) is 5.82 Å². The van der Waals surface area contributed by atoms with Crippen LogP contribution in [0.25, 0.3) is 16.6 Å². The van der Waals surface area contributed by atoms with Gasteiger partial charge in [0.15, 0.2) is 0 Å². The SMILES string of the molecule is O=C(O)c1cccc(-n2ccc3cc(F)ccc32)c1. The minimum Gasteiger partial charge on any atom is -0.478 e. The van der Waals surface area contributed by atoms with Gasteiger partial charge in [0.2, 0.25) is 0 Å². The molecule has 0 atom stereocenters. The number of rotatable bonds is 2. The molecule has 1 heterocycles. The second-order valence-corrected chi connectivity index (χ2v) is 4.24. The van der Waals surface area contributed by atoms with Crippen molar-refractivity contribution in [1.29, 1.82) is 0 Å². The van der Waals surface area contributed by atoms with E-state index in [0.29, 0.717) is 0 Å². The Morgan fingerprint density at radius 3 is 2.74 bits per heavy atom. The van der Waals surface area contributed by atoms with Gasteiger partial charge in [0.25, 0.3) is 0 Å². The molecule has 0 saturated carbocycles. The molecule has 0 radical (unpaired) electrons. The predicted octanol–water partition coefficient (Wildman–Crippen LogP) is 3.47. The van der Waals surface area contributed by atoms with Crippen LogP contribution in [0.1, 0.15) is 10.4 Å². The van der Waals surface area contributed by atoms with Crippen LogP contribution in [0.5, 0.6) is 0 Å². The van der Waals surface area contributed by atoms with Gasteiger partial charge in [-0.05, 0) is 42.5 Å². The first-order valence-electron chi connectivity index (χ1n) is 5.75. The molecule has 0 aliphatic carbocycles. The summed E-state index contributed by atoms with van der Waals surface area (Å²) in [4.78, 5) is 11.0. The van der Waals surface area contributed by atoms with Gasteiger partial charge in [-0.3, -0.25) is 0 Å². The number of hydrogen-bond donors (Lipinski definition) is 1. The van der Waals surface area contributed by atoms with Crippen LogP contribution in [-0.4, -0.2) is 15.6 Å². The lowest BCUT2D eigenvalue weighted by Crippen LogP contribution is -1.99. The summed E-state index contributed by atoms with van der Waals surface area (Å²) in [6, 6.07) is 12.9. The highest BCUT2D eigenvalue weighted by molar-refractivity contribution is 5.89. The van der Waals surface area contributed by atoms with Crippen molar-refractivity contribution >= 4 is 16.9 Å². The van der Waals surface area contributed by atoms with Crippen molar-refractivity contribution in [2.75, 3.05) is 0 Å². The number of hydrogen-bond acceptors (Lipinski definition) is 1. The second-order valence-electron chi connectivity index (χ2n) is 4.24. The molecule has 4 heteroatoms. The number of aromatic nitrogens is 1. The Balaban J connectivity index is 2.19. The third-order valence-corrected chi connectivity index (χ3v) is 3.02. The van der Waals surface area contributed by atoms with Crippen LogP contribution >= 0.6 is 0 Å². The molecule has 0 fully saturated rings. The van der Waals surface area contributed by atoms with Crippen molar-refractivity contribution in [1.82, 2.24) is 4.57 Å². The average Bonchev–Trinajstić information content (AvgIpc) is 2.81. The zero-order valence-electron chi connectivity index (χ0n) is 9.88. The van der Waals surface area contributed by atoms with E-state index in [1.54, 1.807) is 30.5 Å². The van der Waals surface area contributed by atoms with E-state index in [2.05, 4.69) is 0 Å². The topological polar surface area (TPSA) is 42.2 Å². The molecule has 0 unspecified atom stereocenters. The molecule has 1 aromatic heterocycles. The van der Waals surface area contributed by atoms with Crippen molar-refractivity contribution in [3.8, 4) is 5.69 Å². The summed E-state index contributed by atoms with van der Waals surface area (Å²) in [6.07, 6.45) is 1.80. The minimum atomic E-state index is -0.968. The molecule has 3 aromatic rings. The van der Waals surface area contributed by atoms with Crippen molar-refractivity contribution in [2.24, 2.45) is 0 Å². The maximum atomic E-state index is 13.1. The van der Waals surface area contributed by atoms with Gasteiger partial charge in [0, 0.05) is 17.3 Å². The molecule has 2 aromatic carbocycles. The highest BCUT2D eigenvalue weighted by Gasteiger charge is 2.07. The van der Waals surface area contributed by atoms with Gasteiger partial charge in [0.05, 0.1) is 11.1 Å². The normalized spacial score (nSPS) is 10.8. The molecule has 0 aliphatic heterocycles. The van der Waals surface area contributed by atoms with Gasteiger partial charge in [-0.1, -0.05) is 6.07 Å². The van der Waals surface area contributed by atoms with Crippen molar-refractivity contribution in [2.45, 2.75) is 0 Å². The number of nitrogens with zero attached hydrogens (tertiary/aromatic N) is 1. The molecule has 94 valence electrons. The largest absolute Gasteiger partial charge is 0.478 e. The quantitative estimate of drug-likeness (QED) is 0.761. The molecule has 0 spiro atoms. The first kappa shape index (κ1) is 11.5. The summed E-state index contributed by atoms with van der Waals surface area (Å²) in [6.45, 7) is 0. The average molecular weight is 255 g/mol. The molecule has 0 amide bonds. The van der Waals surface area contributed by atoms with E-state index in [4.69, 9.17) is 5.11 Å². The molecular formula is C15H10FNO2. The van der Waals surface area contributed by atoms with Gasteiger partial charge in [-0.15, -0.1) is 0 Å². The first-order valence-corrected chi connectivity index (χ1v) is 5.75. The Kier molecular flexibility index (Phi) is 2.56. The zero-order chi connectivity index (χ0) is 13.4. The molecule has 0 bridgehead atoms. The first-order chi connectivity index (χ1) is 9.15. The van der Waals surface area contributed by atoms with E-state index in [0.717, 1.165) is 16.6 Å². The van der Waals surface area contributed by atoms with Crippen molar-refractivity contribution in [3.05, 3.63) is 66.1 Å². The number of carboxylic acid groups (broad SMARTS) is 1. The van der Waals surface area contributed by atoms with E-state index >= 15 is 0 Å². The predicted molar refractivity (Wildman–Crippen MR) is 70.2 cm³/mol. The van der Waals surface area contributed by atoms with Crippen LogP contribution in [-0.2, 0) is 0 Å². The number of carboxylic acids is 1. The Morgan fingerprint density at radius 1 is 1.11 bits per heavy atom. The maximum Gasteiger partial charge on any atom is 0.335 e. The zero-order valence-corrected chi connectivity index (χ0v) is 9.88. The van der Waals surface area contributed by atoms with Crippen LogP contribution in [0.4, 0.5) is 4.39 Å². The number of fused-ring (bicyclic) bond motifs is 1. The lowest BCUT2D eigenvalue weighted by atomic mass is 10.2. The van der Waals surface area contributed by atoms with Crippen LogP contribution in [0.2, 0.25) is 0 Å². The lowest BCUT2D eigenvalue weighted by molar-refractivity contribution is 0.0697. The molecule has 3 rings (SSSR count). The number of benzene rings is 2. The second kappa shape index (κ2) is 4.24. The van der Waals surface area contributed by atoms with E-state index in [-0.39, 0.29) is 11.4 Å². The van der Waals surface area contributed by atoms with E-state index in [1.807, 2.05) is 10.6 Å². The van der Waals surface area contributed by atoms with Crippen LogP contribution in [0, 0.1) is 5.82 Å². The lowest BCUT2D eigenvalue weighted by Gasteiger charge is -2.06. The molecule has 3 nitrogen and oxygen atoms in total. The maximum absolute atomic E-state index is 13.1. The van der Waals surface area contributed by atoms with Gasteiger partial charge >= 0.3 is 5.97 Å². The Morgan fingerprint density at radius 2 is 1.95 bits per heavy atom. The monoisotopic (exact) mass is 255 g/mol. The molecule has 1 N–H and O–H groups in total. The number of aromatic carboxylic acids is 1. The summed E-state index contributed by atoms with van der Waals surface area (Å²) in [5, 5.41) is 9.78.